The van der Waals surface area contributed by atoms with Gasteiger partial charge >= 0.3 is 0 Å². The van der Waals surface area contributed by atoms with Crippen LogP contribution in [-0.2, 0) is 0 Å². The van der Waals surface area contributed by atoms with Gasteiger partial charge in [0.2, 0.25) is 0 Å². The number of carbonyl (C=O) groups is 1. The van der Waals surface area contributed by atoms with E-state index in [0.717, 1.165) is 6.07 Å². The second-order valence-electron chi connectivity index (χ2n) is 4.04. The van der Waals surface area contributed by atoms with Crippen LogP contribution in [0.3, 0.4) is 0 Å². The number of benzene rings is 2. The molecule has 0 aliphatic carbocycles. The Kier molecular flexibility index (Phi) is 4.01. The van der Waals surface area contributed by atoms with Crippen LogP contribution in [0.15, 0.2) is 30.3 Å². The lowest BCUT2D eigenvalue weighted by atomic mass is 10.1. The predicted molar refractivity (Wildman–Crippen MR) is 79.1 cm³/mol. The van der Waals surface area contributed by atoms with E-state index in [-0.39, 0.29) is 21.3 Å². The van der Waals surface area contributed by atoms with Gasteiger partial charge in [-0.05, 0) is 30.3 Å². The molecule has 1 amide bonds. The normalized spacial score (nSPS) is 10.3. The molecule has 0 saturated carbocycles. The van der Waals surface area contributed by atoms with E-state index in [2.05, 4.69) is 5.32 Å². The van der Waals surface area contributed by atoms with Gasteiger partial charge in [-0.1, -0.05) is 23.2 Å². The van der Waals surface area contributed by atoms with Crippen LogP contribution in [0.25, 0.3) is 0 Å². The summed E-state index contributed by atoms with van der Waals surface area (Å²) in [6.07, 6.45) is 0. The predicted octanol–water partition coefficient (Wildman–Crippen LogP) is 3.56. The molecule has 0 saturated heterocycles. The van der Waals surface area contributed by atoms with E-state index in [9.17, 15) is 9.18 Å². The molecular formula is C13H10Cl2FN3O. The number of nitrogens with two attached hydrogens (primary N) is 2. The molecule has 0 atom stereocenters. The second kappa shape index (κ2) is 5.56. The highest BCUT2D eigenvalue weighted by molar-refractivity contribution is 6.35. The summed E-state index contributed by atoms with van der Waals surface area (Å²) < 4.78 is 13.0. The lowest BCUT2D eigenvalue weighted by Crippen LogP contribution is -2.14. The highest BCUT2D eigenvalue weighted by atomic mass is 35.5. The van der Waals surface area contributed by atoms with Gasteiger partial charge < -0.3 is 16.8 Å². The molecule has 20 heavy (non-hydrogen) atoms. The topological polar surface area (TPSA) is 81.1 Å². The van der Waals surface area contributed by atoms with Gasteiger partial charge in [-0.2, -0.15) is 0 Å². The Labute approximate surface area is 124 Å². The monoisotopic (exact) mass is 313 g/mol. The zero-order valence-corrected chi connectivity index (χ0v) is 11.6. The molecule has 0 unspecified atom stereocenters. The number of rotatable bonds is 3. The van der Waals surface area contributed by atoms with Crippen molar-refractivity contribution in [3.8, 4) is 0 Å². The number of nitrogen functional groups attached to an aromatic ring is 1. The molecule has 0 heterocycles. The van der Waals surface area contributed by atoms with Gasteiger partial charge in [-0.3, -0.25) is 4.79 Å². The Balaban J connectivity index is 2.50. The molecule has 0 spiro atoms. The smallest absolute Gasteiger partial charge is 0.250 e. The first-order valence-electron chi connectivity index (χ1n) is 5.49. The van der Waals surface area contributed by atoms with Gasteiger partial charge in [-0.25, -0.2) is 4.39 Å². The minimum Gasteiger partial charge on any atom is -0.399 e. The fourth-order valence-corrected chi connectivity index (χ4v) is 2.16. The number of nitrogens with one attached hydrogen (secondary N) is 1. The summed E-state index contributed by atoms with van der Waals surface area (Å²) in [6.45, 7) is 0. The number of hydrogen-bond acceptors (Lipinski definition) is 3. The molecule has 104 valence electrons. The van der Waals surface area contributed by atoms with Crippen molar-refractivity contribution in [1.82, 2.24) is 0 Å². The Morgan fingerprint density at radius 3 is 2.45 bits per heavy atom. The van der Waals surface area contributed by atoms with Crippen molar-refractivity contribution in [3.05, 3.63) is 51.8 Å². The maximum atomic E-state index is 13.0. The molecule has 2 aromatic rings. The fraction of sp³-hybridized carbons (Fsp3) is 0. The molecule has 0 aliphatic heterocycles. The fourth-order valence-electron chi connectivity index (χ4n) is 1.67. The second-order valence-corrected chi connectivity index (χ2v) is 4.85. The van der Waals surface area contributed by atoms with Crippen LogP contribution in [0.2, 0.25) is 10.0 Å². The summed E-state index contributed by atoms with van der Waals surface area (Å²) in [5, 5.41) is 3.21. The van der Waals surface area contributed by atoms with E-state index < -0.39 is 11.7 Å². The Bertz CT molecular complexity index is 692. The lowest BCUT2D eigenvalue weighted by molar-refractivity contribution is 0.100. The van der Waals surface area contributed by atoms with Gasteiger partial charge in [0.05, 0.1) is 27.0 Å². The maximum absolute atomic E-state index is 13.0. The Morgan fingerprint density at radius 1 is 1.15 bits per heavy atom. The van der Waals surface area contributed by atoms with E-state index in [1.807, 2.05) is 0 Å². The van der Waals surface area contributed by atoms with Crippen molar-refractivity contribution in [2.75, 3.05) is 11.1 Å². The van der Waals surface area contributed by atoms with Crippen molar-refractivity contribution in [1.29, 1.82) is 0 Å². The molecule has 2 aromatic carbocycles. The van der Waals surface area contributed by atoms with Crippen LogP contribution < -0.4 is 16.8 Å². The van der Waals surface area contributed by atoms with Crippen LogP contribution in [0, 0.1) is 5.82 Å². The standard InChI is InChI=1S/C13H10Cl2FN3O/c14-9-3-6(16)1-2-11(9)19-12-8(13(18)20)4-7(17)5-10(12)15/h1-5,19H,17H2,(H2,18,20). The SMILES string of the molecule is NC(=O)c1cc(N)cc(Cl)c1Nc1ccc(F)cc1Cl. The van der Waals surface area contributed by atoms with E-state index in [1.54, 1.807) is 0 Å². The van der Waals surface area contributed by atoms with Crippen LogP contribution in [-0.4, -0.2) is 5.91 Å². The number of amides is 1. The minimum atomic E-state index is -0.695. The molecule has 0 bridgehead atoms. The van der Waals surface area contributed by atoms with Crippen LogP contribution in [0.1, 0.15) is 10.4 Å². The molecule has 4 nitrogen and oxygen atoms in total. The van der Waals surface area contributed by atoms with E-state index in [4.69, 9.17) is 34.7 Å². The quantitative estimate of drug-likeness (QED) is 0.758. The molecular weight excluding hydrogens is 304 g/mol. The summed E-state index contributed by atoms with van der Waals surface area (Å²) >= 11 is 12.0. The molecule has 0 aromatic heterocycles. The van der Waals surface area contributed by atoms with Crippen molar-refractivity contribution in [2.24, 2.45) is 5.73 Å². The van der Waals surface area contributed by atoms with E-state index in [1.165, 1.54) is 24.3 Å². The number of anilines is 3. The van der Waals surface area contributed by atoms with Gasteiger partial charge in [0.25, 0.3) is 5.91 Å². The first-order chi connectivity index (χ1) is 9.38. The summed E-state index contributed by atoms with van der Waals surface area (Å²) in [5.74, 6) is -1.17. The Hall–Kier alpha value is -1.98. The Morgan fingerprint density at radius 2 is 1.85 bits per heavy atom. The first kappa shape index (κ1) is 14.4. The maximum Gasteiger partial charge on any atom is 0.250 e. The van der Waals surface area contributed by atoms with Crippen molar-refractivity contribution in [3.63, 3.8) is 0 Å². The van der Waals surface area contributed by atoms with Gasteiger partial charge in [0.1, 0.15) is 5.82 Å². The van der Waals surface area contributed by atoms with Gasteiger partial charge in [-0.15, -0.1) is 0 Å². The highest BCUT2D eigenvalue weighted by Gasteiger charge is 2.15. The summed E-state index contributed by atoms with van der Waals surface area (Å²) in [7, 11) is 0. The van der Waals surface area contributed by atoms with Crippen LogP contribution in [0.4, 0.5) is 21.5 Å². The molecule has 7 heteroatoms. The van der Waals surface area contributed by atoms with Crippen molar-refractivity contribution >= 4 is 46.2 Å². The number of carbonyl (C=O) groups excluding carboxylic acids is 1. The van der Waals surface area contributed by atoms with E-state index in [0.29, 0.717) is 11.4 Å². The third-order valence-electron chi connectivity index (χ3n) is 2.57. The summed E-state index contributed by atoms with van der Waals surface area (Å²) in [5.41, 5.74) is 12.0. The summed E-state index contributed by atoms with van der Waals surface area (Å²) in [4.78, 5) is 11.4. The van der Waals surface area contributed by atoms with E-state index >= 15 is 0 Å². The zero-order valence-electron chi connectivity index (χ0n) is 10.1. The average molecular weight is 314 g/mol. The largest absolute Gasteiger partial charge is 0.399 e. The zero-order chi connectivity index (χ0) is 14.9. The average Bonchev–Trinajstić information content (AvgIpc) is 2.34. The first-order valence-corrected chi connectivity index (χ1v) is 6.25. The number of halogens is 3. The molecule has 0 aliphatic rings. The van der Waals surface area contributed by atoms with Crippen LogP contribution >= 0.6 is 23.2 Å². The molecule has 0 radical (unpaired) electrons. The molecule has 5 N–H and O–H groups in total. The van der Waals surface area contributed by atoms with Crippen LogP contribution in [0.5, 0.6) is 0 Å². The van der Waals surface area contributed by atoms with Gasteiger partial charge in [0.15, 0.2) is 0 Å². The number of hydrogen-bond donors (Lipinski definition) is 3. The third kappa shape index (κ3) is 2.95. The number of primary amides is 1. The highest BCUT2D eigenvalue weighted by Crippen LogP contribution is 2.34. The molecule has 0 fully saturated rings. The third-order valence-corrected chi connectivity index (χ3v) is 3.18. The van der Waals surface area contributed by atoms with Crippen molar-refractivity contribution < 1.29 is 9.18 Å². The summed E-state index contributed by atoms with van der Waals surface area (Å²) in [6, 6.07) is 6.65. The van der Waals surface area contributed by atoms with Crippen molar-refractivity contribution in [2.45, 2.75) is 0 Å². The van der Waals surface area contributed by atoms with Gasteiger partial charge in [0, 0.05) is 5.69 Å². The molecule has 2 rings (SSSR count). The lowest BCUT2D eigenvalue weighted by Gasteiger charge is -2.14. The minimum absolute atomic E-state index is 0.121.